The number of piperidine rings is 1. The molecule has 2 atom stereocenters. The fourth-order valence-electron chi connectivity index (χ4n) is 2.23. The lowest BCUT2D eigenvalue weighted by atomic mass is 9.94. The minimum atomic E-state index is -3.30. The summed E-state index contributed by atoms with van der Waals surface area (Å²) in [5, 5.41) is 9.38. The molecule has 1 amide bonds. The summed E-state index contributed by atoms with van der Waals surface area (Å²) in [7, 11) is 0. The molecule has 20 heavy (non-hydrogen) atoms. The van der Waals surface area contributed by atoms with E-state index < -0.39 is 30.6 Å². The van der Waals surface area contributed by atoms with E-state index in [0.717, 1.165) is 10.5 Å². The number of carbonyl (C=O) groups is 1. The molecular weight excluding hydrogens is 268 g/mol. The van der Waals surface area contributed by atoms with Gasteiger partial charge >= 0.3 is 6.09 Å². The highest BCUT2D eigenvalue weighted by molar-refractivity contribution is 5.68. The summed E-state index contributed by atoms with van der Waals surface area (Å²) in [5.41, 5.74) is 0.790. The van der Waals surface area contributed by atoms with Crippen LogP contribution in [0.1, 0.15) is 12.5 Å². The molecule has 0 spiro atoms. The minimum absolute atomic E-state index is 0.0404. The first kappa shape index (κ1) is 14.7. The topological polar surface area (TPSA) is 49.8 Å². The Kier molecular flexibility index (Phi) is 4.23. The highest BCUT2D eigenvalue weighted by Gasteiger charge is 2.49. The van der Waals surface area contributed by atoms with Crippen LogP contribution in [-0.4, -0.2) is 41.2 Å². The number of halogens is 2. The van der Waals surface area contributed by atoms with Crippen molar-refractivity contribution in [3.8, 4) is 0 Å². The van der Waals surface area contributed by atoms with E-state index >= 15 is 0 Å². The third-order valence-electron chi connectivity index (χ3n) is 3.35. The first-order valence-electron chi connectivity index (χ1n) is 6.41. The Hall–Kier alpha value is -1.69. The molecule has 0 bridgehead atoms. The number of hydrogen-bond acceptors (Lipinski definition) is 3. The van der Waals surface area contributed by atoms with E-state index in [0.29, 0.717) is 0 Å². The Morgan fingerprint density at radius 1 is 1.45 bits per heavy atom. The van der Waals surface area contributed by atoms with Crippen LogP contribution in [0.4, 0.5) is 13.6 Å². The monoisotopic (exact) mass is 285 g/mol. The molecule has 1 fully saturated rings. The number of alkyl halides is 2. The van der Waals surface area contributed by atoms with Crippen LogP contribution < -0.4 is 0 Å². The summed E-state index contributed by atoms with van der Waals surface area (Å²) in [6.45, 7) is 0.768. The maximum Gasteiger partial charge on any atom is 0.410 e. The first-order valence-corrected chi connectivity index (χ1v) is 6.41. The Labute approximate surface area is 116 Å². The number of hydrogen-bond donors (Lipinski definition) is 1. The van der Waals surface area contributed by atoms with Crippen molar-refractivity contribution in [2.45, 2.75) is 25.6 Å². The van der Waals surface area contributed by atoms with Gasteiger partial charge in [-0.3, -0.25) is 0 Å². The molecule has 1 heterocycles. The smallest absolute Gasteiger partial charge is 0.410 e. The number of benzene rings is 1. The van der Waals surface area contributed by atoms with Gasteiger partial charge in [0.05, 0.1) is 6.54 Å². The fourth-order valence-corrected chi connectivity index (χ4v) is 2.23. The number of rotatable bonds is 2. The van der Waals surface area contributed by atoms with Gasteiger partial charge in [0.1, 0.15) is 12.7 Å². The predicted octanol–water partition coefficient (Wildman–Crippen LogP) is 2.27. The Balaban J connectivity index is 1.93. The normalized spacial score (nSPS) is 25.3. The zero-order chi connectivity index (χ0) is 14.8. The van der Waals surface area contributed by atoms with E-state index in [1.54, 1.807) is 24.3 Å². The van der Waals surface area contributed by atoms with E-state index in [2.05, 4.69) is 0 Å². The first-order chi connectivity index (χ1) is 9.40. The highest BCUT2D eigenvalue weighted by Crippen LogP contribution is 2.31. The van der Waals surface area contributed by atoms with Crippen LogP contribution in [0.15, 0.2) is 30.3 Å². The molecule has 110 valence electrons. The van der Waals surface area contributed by atoms with Crippen molar-refractivity contribution in [3.05, 3.63) is 35.9 Å². The quantitative estimate of drug-likeness (QED) is 0.907. The summed E-state index contributed by atoms with van der Waals surface area (Å²) in [6, 6.07) is 9.00. The van der Waals surface area contributed by atoms with E-state index in [4.69, 9.17) is 4.74 Å². The van der Waals surface area contributed by atoms with Crippen molar-refractivity contribution in [1.82, 2.24) is 4.90 Å². The second-order valence-corrected chi connectivity index (χ2v) is 5.10. The Bertz CT molecular complexity index is 467. The molecule has 2 unspecified atom stereocenters. The highest BCUT2D eigenvalue weighted by atomic mass is 19.3. The van der Waals surface area contributed by atoms with Crippen LogP contribution >= 0.6 is 0 Å². The van der Waals surface area contributed by atoms with Crippen molar-refractivity contribution < 1.29 is 23.4 Å². The van der Waals surface area contributed by atoms with E-state index in [1.165, 1.54) is 6.92 Å². The average molecular weight is 285 g/mol. The zero-order valence-electron chi connectivity index (χ0n) is 11.1. The summed E-state index contributed by atoms with van der Waals surface area (Å²) in [5.74, 6) is -3.99. The number of amides is 1. The number of nitrogens with zero attached hydrogens (tertiary/aromatic N) is 1. The maximum absolute atomic E-state index is 13.5. The second-order valence-electron chi connectivity index (χ2n) is 5.10. The molecule has 1 N–H and O–H groups in total. The van der Waals surface area contributed by atoms with E-state index in [-0.39, 0.29) is 13.2 Å². The van der Waals surface area contributed by atoms with Gasteiger partial charge in [-0.15, -0.1) is 0 Å². The van der Waals surface area contributed by atoms with Crippen LogP contribution in [0, 0.1) is 5.92 Å². The molecule has 1 aromatic rings. The molecule has 1 aliphatic heterocycles. The van der Waals surface area contributed by atoms with Gasteiger partial charge in [-0.1, -0.05) is 37.3 Å². The second kappa shape index (κ2) is 5.75. The summed E-state index contributed by atoms with van der Waals surface area (Å²) in [6.07, 6.45) is -2.51. The lowest BCUT2D eigenvalue weighted by Crippen LogP contribution is -2.57. The molecule has 6 heteroatoms. The van der Waals surface area contributed by atoms with Gasteiger partial charge in [0.25, 0.3) is 5.92 Å². The lowest BCUT2D eigenvalue weighted by molar-refractivity contribution is -0.166. The number of likely N-dealkylation sites (tertiary alicyclic amines) is 1. The van der Waals surface area contributed by atoms with Gasteiger partial charge in [-0.25, -0.2) is 13.6 Å². The summed E-state index contributed by atoms with van der Waals surface area (Å²) < 4.78 is 32.1. The molecule has 1 aromatic carbocycles. The van der Waals surface area contributed by atoms with Crippen molar-refractivity contribution in [1.29, 1.82) is 0 Å². The van der Waals surface area contributed by atoms with Gasteiger partial charge in [0.15, 0.2) is 0 Å². The maximum atomic E-state index is 13.5. The standard InChI is InChI=1S/C14H17F2NO3/c1-10-7-17(9-14(15,16)12(10)18)13(19)20-8-11-5-3-2-4-6-11/h2-6,10,12,18H,7-9H2,1H3. The largest absolute Gasteiger partial charge is 0.445 e. The summed E-state index contributed by atoms with van der Waals surface area (Å²) in [4.78, 5) is 12.7. The van der Waals surface area contributed by atoms with Gasteiger partial charge in [0.2, 0.25) is 0 Å². The van der Waals surface area contributed by atoms with Gasteiger partial charge in [0, 0.05) is 12.5 Å². The molecular formula is C14H17F2NO3. The molecule has 0 aromatic heterocycles. The van der Waals surface area contributed by atoms with Crippen molar-refractivity contribution in [2.24, 2.45) is 5.92 Å². The van der Waals surface area contributed by atoms with Crippen LogP contribution in [0.5, 0.6) is 0 Å². The number of ether oxygens (including phenoxy) is 1. The SMILES string of the molecule is CC1CN(C(=O)OCc2ccccc2)CC(F)(F)C1O. The molecule has 0 aliphatic carbocycles. The van der Waals surface area contributed by atoms with Crippen LogP contribution in [0.2, 0.25) is 0 Å². The molecule has 0 radical (unpaired) electrons. The minimum Gasteiger partial charge on any atom is -0.445 e. The van der Waals surface area contributed by atoms with Gasteiger partial charge in [-0.05, 0) is 5.56 Å². The number of aliphatic hydroxyl groups excluding tert-OH is 1. The third-order valence-corrected chi connectivity index (χ3v) is 3.35. The molecule has 1 saturated heterocycles. The van der Waals surface area contributed by atoms with E-state index in [1.807, 2.05) is 6.07 Å². The van der Waals surface area contributed by atoms with Crippen LogP contribution in [0.25, 0.3) is 0 Å². The van der Waals surface area contributed by atoms with Crippen molar-refractivity contribution in [3.63, 3.8) is 0 Å². The Morgan fingerprint density at radius 3 is 2.70 bits per heavy atom. The zero-order valence-corrected chi connectivity index (χ0v) is 11.1. The lowest BCUT2D eigenvalue weighted by Gasteiger charge is -2.39. The van der Waals surface area contributed by atoms with Gasteiger partial charge < -0.3 is 14.7 Å². The third kappa shape index (κ3) is 3.25. The van der Waals surface area contributed by atoms with Crippen LogP contribution in [-0.2, 0) is 11.3 Å². The van der Waals surface area contributed by atoms with Crippen molar-refractivity contribution >= 4 is 6.09 Å². The predicted molar refractivity (Wildman–Crippen MR) is 68.3 cm³/mol. The molecule has 4 nitrogen and oxygen atoms in total. The Morgan fingerprint density at radius 2 is 2.10 bits per heavy atom. The molecule has 1 aliphatic rings. The van der Waals surface area contributed by atoms with E-state index in [9.17, 15) is 18.7 Å². The fraction of sp³-hybridized carbons (Fsp3) is 0.500. The summed E-state index contributed by atoms with van der Waals surface area (Å²) >= 11 is 0. The average Bonchev–Trinajstić information content (AvgIpc) is 2.42. The van der Waals surface area contributed by atoms with Crippen molar-refractivity contribution in [2.75, 3.05) is 13.1 Å². The molecule has 0 saturated carbocycles. The van der Waals surface area contributed by atoms with Crippen LogP contribution in [0.3, 0.4) is 0 Å². The van der Waals surface area contributed by atoms with Gasteiger partial charge in [-0.2, -0.15) is 0 Å². The number of carbonyl (C=O) groups excluding carboxylic acids is 1. The number of aliphatic hydroxyl groups is 1. The molecule has 2 rings (SSSR count).